The van der Waals surface area contributed by atoms with Crippen LogP contribution in [0.2, 0.25) is 10.0 Å². The van der Waals surface area contributed by atoms with Crippen molar-refractivity contribution in [1.82, 2.24) is 4.73 Å². The molecule has 1 aromatic heterocycles. The standard InChI is InChI=1S/C20H17Cl2NO4/c1-13-8-16(23(25)20(24)9-13)12-27-18-6-4-17(5-7-18)26-11-14-2-3-15(21)10-19(14)22/h2-10,25H,11-12H2,1H3. The van der Waals surface area contributed by atoms with Gasteiger partial charge in [0.25, 0.3) is 5.56 Å². The molecule has 0 atom stereocenters. The number of nitrogens with zero attached hydrogens (tertiary/aromatic N) is 1. The Hall–Kier alpha value is -2.63. The van der Waals surface area contributed by atoms with Crippen molar-refractivity contribution in [1.29, 1.82) is 0 Å². The van der Waals surface area contributed by atoms with E-state index in [2.05, 4.69) is 0 Å². The third-order valence-electron chi connectivity index (χ3n) is 3.85. The Labute approximate surface area is 166 Å². The first kappa shape index (κ1) is 19.1. The number of hydrogen-bond acceptors (Lipinski definition) is 4. The summed E-state index contributed by atoms with van der Waals surface area (Å²) in [6.45, 7) is 2.16. The molecule has 0 aliphatic rings. The van der Waals surface area contributed by atoms with Crippen molar-refractivity contribution in [3.05, 3.63) is 91.8 Å². The van der Waals surface area contributed by atoms with Gasteiger partial charge < -0.3 is 14.7 Å². The lowest BCUT2D eigenvalue weighted by atomic mass is 10.2. The van der Waals surface area contributed by atoms with E-state index in [1.54, 1.807) is 49.4 Å². The molecule has 140 valence electrons. The molecule has 0 saturated carbocycles. The first-order valence-corrected chi connectivity index (χ1v) is 8.89. The van der Waals surface area contributed by atoms with Crippen LogP contribution in [0.4, 0.5) is 0 Å². The number of rotatable bonds is 6. The molecule has 0 unspecified atom stereocenters. The number of pyridine rings is 1. The van der Waals surface area contributed by atoms with Gasteiger partial charge in [0.05, 0.1) is 5.69 Å². The predicted molar refractivity (Wildman–Crippen MR) is 104 cm³/mol. The average molecular weight is 406 g/mol. The Balaban J connectivity index is 1.60. The van der Waals surface area contributed by atoms with E-state index in [-0.39, 0.29) is 6.61 Å². The maximum atomic E-state index is 11.6. The number of aryl methyl sites for hydroxylation is 1. The number of ether oxygens (including phenoxy) is 2. The Bertz CT molecular complexity index is 1000. The molecule has 3 aromatic rings. The molecule has 0 bridgehead atoms. The van der Waals surface area contributed by atoms with Crippen LogP contribution < -0.4 is 15.0 Å². The highest BCUT2D eigenvalue weighted by Crippen LogP contribution is 2.24. The van der Waals surface area contributed by atoms with Gasteiger partial charge in [-0.3, -0.25) is 4.79 Å². The minimum absolute atomic E-state index is 0.0635. The van der Waals surface area contributed by atoms with Crippen molar-refractivity contribution in [3.63, 3.8) is 0 Å². The molecule has 2 aromatic carbocycles. The molecule has 0 saturated heterocycles. The van der Waals surface area contributed by atoms with E-state index in [1.165, 1.54) is 6.07 Å². The summed E-state index contributed by atoms with van der Waals surface area (Å²) in [6.07, 6.45) is 0. The Kier molecular flexibility index (Phi) is 5.94. The second kappa shape index (κ2) is 8.37. The lowest BCUT2D eigenvalue weighted by molar-refractivity contribution is 0.147. The fraction of sp³-hybridized carbons (Fsp3) is 0.150. The van der Waals surface area contributed by atoms with Crippen LogP contribution in [0.3, 0.4) is 0 Å². The highest BCUT2D eigenvalue weighted by Gasteiger charge is 2.06. The molecule has 3 rings (SSSR count). The van der Waals surface area contributed by atoms with Crippen LogP contribution in [0.1, 0.15) is 16.8 Å². The quantitative estimate of drug-likeness (QED) is 0.594. The largest absolute Gasteiger partial charge is 0.489 e. The van der Waals surface area contributed by atoms with Crippen LogP contribution in [0.25, 0.3) is 0 Å². The molecule has 5 nitrogen and oxygen atoms in total. The van der Waals surface area contributed by atoms with E-state index in [0.717, 1.165) is 11.1 Å². The molecule has 1 heterocycles. The first-order valence-electron chi connectivity index (χ1n) is 8.14. The third-order valence-corrected chi connectivity index (χ3v) is 4.43. The summed E-state index contributed by atoms with van der Waals surface area (Å²) >= 11 is 12.0. The summed E-state index contributed by atoms with van der Waals surface area (Å²) in [4.78, 5) is 11.6. The van der Waals surface area contributed by atoms with Crippen LogP contribution in [-0.4, -0.2) is 9.94 Å². The van der Waals surface area contributed by atoms with Gasteiger partial charge in [-0.2, -0.15) is 0 Å². The van der Waals surface area contributed by atoms with Crippen molar-refractivity contribution in [2.75, 3.05) is 0 Å². The van der Waals surface area contributed by atoms with Gasteiger partial charge in [0.1, 0.15) is 24.7 Å². The maximum absolute atomic E-state index is 11.6. The van der Waals surface area contributed by atoms with Crippen LogP contribution in [-0.2, 0) is 13.2 Å². The lowest BCUT2D eigenvalue weighted by Gasteiger charge is -2.11. The van der Waals surface area contributed by atoms with E-state index < -0.39 is 5.56 Å². The molecular weight excluding hydrogens is 389 g/mol. The summed E-state index contributed by atoms with van der Waals surface area (Å²) in [5, 5.41) is 10.9. The Morgan fingerprint density at radius 2 is 1.56 bits per heavy atom. The zero-order valence-corrected chi connectivity index (χ0v) is 16.0. The highest BCUT2D eigenvalue weighted by molar-refractivity contribution is 6.35. The molecule has 0 aliphatic carbocycles. The molecule has 0 spiro atoms. The Morgan fingerprint density at radius 1 is 0.926 bits per heavy atom. The second-order valence-corrected chi connectivity index (χ2v) is 6.80. The summed E-state index contributed by atoms with van der Waals surface area (Å²) in [5.74, 6) is 1.24. The van der Waals surface area contributed by atoms with Crippen LogP contribution >= 0.6 is 23.2 Å². The van der Waals surface area contributed by atoms with E-state index >= 15 is 0 Å². The fourth-order valence-corrected chi connectivity index (χ4v) is 2.92. The monoisotopic (exact) mass is 405 g/mol. The molecule has 0 amide bonds. The number of benzene rings is 2. The number of aromatic nitrogens is 1. The van der Waals surface area contributed by atoms with Crippen molar-refractivity contribution < 1.29 is 14.7 Å². The zero-order valence-electron chi connectivity index (χ0n) is 14.5. The van der Waals surface area contributed by atoms with Crippen LogP contribution in [0.15, 0.2) is 59.4 Å². The molecule has 0 aliphatic heterocycles. The minimum Gasteiger partial charge on any atom is -0.489 e. The fourth-order valence-electron chi connectivity index (χ4n) is 2.46. The van der Waals surface area contributed by atoms with Crippen molar-refractivity contribution in [3.8, 4) is 11.5 Å². The average Bonchev–Trinajstić information content (AvgIpc) is 2.63. The molecular formula is C20H17Cl2NO4. The van der Waals surface area contributed by atoms with Crippen LogP contribution in [0.5, 0.6) is 11.5 Å². The predicted octanol–water partition coefficient (Wildman–Crippen LogP) is 4.86. The molecule has 7 heteroatoms. The first-order chi connectivity index (χ1) is 12.9. The van der Waals surface area contributed by atoms with Gasteiger partial charge in [-0.25, -0.2) is 0 Å². The van der Waals surface area contributed by atoms with Gasteiger partial charge in [-0.15, -0.1) is 4.73 Å². The number of hydrogen-bond donors (Lipinski definition) is 1. The third kappa shape index (κ3) is 4.96. The van der Waals surface area contributed by atoms with Gasteiger partial charge in [0.15, 0.2) is 0 Å². The summed E-state index contributed by atoms with van der Waals surface area (Å²) in [7, 11) is 0. The summed E-state index contributed by atoms with van der Waals surface area (Å²) in [5.41, 5.74) is 1.48. The minimum atomic E-state index is -0.488. The van der Waals surface area contributed by atoms with Gasteiger partial charge in [0.2, 0.25) is 0 Å². The van der Waals surface area contributed by atoms with Gasteiger partial charge in [0, 0.05) is 21.7 Å². The second-order valence-electron chi connectivity index (χ2n) is 5.96. The van der Waals surface area contributed by atoms with Crippen molar-refractivity contribution in [2.24, 2.45) is 0 Å². The molecule has 0 radical (unpaired) electrons. The van der Waals surface area contributed by atoms with Crippen LogP contribution in [0, 0.1) is 6.92 Å². The molecule has 1 N–H and O–H groups in total. The molecule has 27 heavy (non-hydrogen) atoms. The van der Waals surface area contributed by atoms with E-state index in [4.69, 9.17) is 32.7 Å². The Morgan fingerprint density at radius 3 is 2.19 bits per heavy atom. The SMILES string of the molecule is Cc1cc(COc2ccc(OCc3ccc(Cl)cc3Cl)cc2)n(O)c(=O)c1. The molecule has 0 fully saturated rings. The normalized spacial score (nSPS) is 10.6. The van der Waals surface area contributed by atoms with E-state index in [0.29, 0.717) is 38.6 Å². The van der Waals surface area contributed by atoms with Crippen molar-refractivity contribution in [2.45, 2.75) is 20.1 Å². The topological polar surface area (TPSA) is 60.7 Å². The lowest BCUT2D eigenvalue weighted by Crippen LogP contribution is -2.21. The van der Waals surface area contributed by atoms with Crippen molar-refractivity contribution >= 4 is 23.2 Å². The smallest absolute Gasteiger partial charge is 0.283 e. The van der Waals surface area contributed by atoms with Gasteiger partial charge in [-0.05, 0) is 55.0 Å². The van der Waals surface area contributed by atoms with E-state index in [9.17, 15) is 10.0 Å². The summed E-state index contributed by atoms with van der Waals surface area (Å²) < 4.78 is 11.9. The highest BCUT2D eigenvalue weighted by atomic mass is 35.5. The van der Waals surface area contributed by atoms with Gasteiger partial charge in [-0.1, -0.05) is 29.3 Å². The number of halogens is 2. The van der Waals surface area contributed by atoms with Gasteiger partial charge >= 0.3 is 0 Å². The maximum Gasteiger partial charge on any atom is 0.283 e. The summed E-state index contributed by atoms with van der Waals surface area (Å²) in [6, 6.07) is 15.3. The zero-order chi connectivity index (χ0) is 19.4. The van der Waals surface area contributed by atoms with E-state index in [1.807, 2.05) is 6.07 Å².